The van der Waals surface area contributed by atoms with Crippen LogP contribution in [0, 0.1) is 6.92 Å². The van der Waals surface area contributed by atoms with Gasteiger partial charge >= 0.3 is 0 Å². The lowest BCUT2D eigenvalue weighted by atomic mass is 9.96. The summed E-state index contributed by atoms with van der Waals surface area (Å²) in [6.07, 6.45) is 4.15. The molecule has 1 saturated heterocycles. The summed E-state index contributed by atoms with van der Waals surface area (Å²) in [5.74, 6) is 1.56. The average molecular weight is 341 g/mol. The largest absolute Gasteiger partial charge is 0.440 e. The molecule has 3 rings (SSSR count). The van der Waals surface area contributed by atoms with Gasteiger partial charge in [0.1, 0.15) is 0 Å². The van der Waals surface area contributed by atoms with E-state index in [2.05, 4.69) is 4.98 Å². The summed E-state index contributed by atoms with van der Waals surface area (Å²) in [6.45, 7) is 4.73. The Morgan fingerprint density at radius 3 is 2.84 bits per heavy atom. The zero-order valence-corrected chi connectivity index (χ0v) is 15.1. The monoisotopic (exact) mass is 341 g/mol. The maximum absolute atomic E-state index is 12.6. The predicted molar refractivity (Wildman–Crippen MR) is 98.0 cm³/mol. The normalized spacial score (nSPS) is 19.0. The van der Waals surface area contributed by atoms with Gasteiger partial charge in [-0.05, 0) is 33.1 Å². The lowest BCUT2D eigenvalue weighted by Crippen LogP contribution is -2.51. The third-order valence-electron chi connectivity index (χ3n) is 4.91. The number of hydrogen-bond acceptors (Lipinski definition) is 4. The number of nitrogens with zero attached hydrogens (tertiary/aromatic N) is 2. The number of carbonyl (C=O) groups is 1. The van der Waals surface area contributed by atoms with Crippen LogP contribution in [0.25, 0.3) is 11.3 Å². The fourth-order valence-corrected chi connectivity index (χ4v) is 3.59. The molecule has 1 aromatic heterocycles. The Kier molecular flexibility index (Phi) is 5.53. The number of rotatable bonds is 5. The molecular formula is C20H27N3O2. The van der Waals surface area contributed by atoms with Crippen LogP contribution >= 0.6 is 0 Å². The lowest BCUT2D eigenvalue weighted by molar-refractivity contribution is -0.135. The third kappa shape index (κ3) is 4.10. The average Bonchev–Trinajstić information content (AvgIpc) is 3.01. The fourth-order valence-electron chi connectivity index (χ4n) is 3.59. The standard InChI is InChI=1S/C20H27N3O2/c1-14(21)17-10-6-7-13-23(17)19(24)12-11-18-22-15(2)20(25-18)16-8-4-3-5-9-16/h3-5,8-9,14,17H,6-7,10-13,21H2,1-2H3. The number of amides is 1. The molecule has 2 N–H and O–H groups in total. The molecule has 1 fully saturated rings. The highest BCUT2D eigenvalue weighted by Crippen LogP contribution is 2.25. The first-order valence-electron chi connectivity index (χ1n) is 9.13. The highest BCUT2D eigenvalue weighted by Gasteiger charge is 2.29. The van der Waals surface area contributed by atoms with Crippen LogP contribution in [0.2, 0.25) is 0 Å². The SMILES string of the molecule is Cc1nc(CCC(=O)N2CCCCC2C(C)N)oc1-c1ccccc1. The summed E-state index contributed by atoms with van der Waals surface area (Å²) in [5, 5.41) is 0. The molecule has 2 aromatic rings. The second kappa shape index (κ2) is 7.83. The minimum absolute atomic E-state index is 0.0120. The van der Waals surface area contributed by atoms with E-state index in [9.17, 15) is 4.79 Å². The van der Waals surface area contributed by atoms with Crippen LogP contribution in [0.5, 0.6) is 0 Å². The number of benzene rings is 1. The molecule has 0 spiro atoms. The van der Waals surface area contributed by atoms with Gasteiger partial charge in [0.2, 0.25) is 5.91 Å². The van der Waals surface area contributed by atoms with Gasteiger partial charge in [0, 0.05) is 37.0 Å². The fraction of sp³-hybridized carbons (Fsp3) is 0.500. The van der Waals surface area contributed by atoms with Gasteiger partial charge < -0.3 is 15.1 Å². The molecule has 2 heterocycles. The van der Waals surface area contributed by atoms with Gasteiger partial charge in [-0.3, -0.25) is 4.79 Å². The van der Waals surface area contributed by atoms with Crippen molar-refractivity contribution in [3.05, 3.63) is 41.9 Å². The minimum Gasteiger partial charge on any atom is -0.440 e. The molecule has 5 nitrogen and oxygen atoms in total. The first kappa shape index (κ1) is 17.7. The van der Waals surface area contributed by atoms with Crippen LogP contribution in [0.4, 0.5) is 0 Å². The van der Waals surface area contributed by atoms with Crippen molar-refractivity contribution in [1.82, 2.24) is 9.88 Å². The van der Waals surface area contributed by atoms with Crippen molar-refractivity contribution in [1.29, 1.82) is 0 Å². The highest BCUT2D eigenvalue weighted by molar-refractivity contribution is 5.77. The molecule has 2 atom stereocenters. The van der Waals surface area contributed by atoms with Gasteiger partial charge in [0.15, 0.2) is 11.7 Å². The van der Waals surface area contributed by atoms with Crippen molar-refractivity contribution in [2.45, 2.75) is 58.0 Å². The Morgan fingerprint density at radius 2 is 2.12 bits per heavy atom. The van der Waals surface area contributed by atoms with E-state index in [4.69, 9.17) is 10.2 Å². The van der Waals surface area contributed by atoms with Gasteiger partial charge in [0.05, 0.1) is 5.69 Å². The van der Waals surface area contributed by atoms with Crippen molar-refractivity contribution in [2.75, 3.05) is 6.54 Å². The minimum atomic E-state index is 0.0120. The van der Waals surface area contributed by atoms with E-state index in [1.54, 1.807) is 0 Å². The Hall–Kier alpha value is -2.14. The summed E-state index contributed by atoms with van der Waals surface area (Å²) in [4.78, 5) is 19.1. The first-order valence-corrected chi connectivity index (χ1v) is 9.13. The van der Waals surface area contributed by atoms with E-state index in [0.717, 1.165) is 42.8 Å². The van der Waals surface area contributed by atoms with Crippen LogP contribution < -0.4 is 5.73 Å². The van der Waals surface area contributed by atoms with E-state index in [-0.39, 0.29) is 18.0 Å². The molecule has 0 aliphatic carbocycles. The van der Waals surface area contributed by atoms with E-state index < -0.39 is 0 Å². The molecule has 134 valence electrons. The van der Waals surface area contributed by atoms with Crippen molar-refractivity contribution < 1.29 is 9.21 Å². The molecule has 25 heavy (non-hydrogen) atoms. The molecule has 0 bridgehead atoms. The van der Waals surface area contributed by atoms with Crippen molar-refractivity contribution >= 4 is 5.91 Å². The molecule has 1 aliphatic rings. The molecule has 0 radical (unpaired) electrons. The van der Waals surface area contributed by atoms with Crippen LogP contribution in [0.15, 0.2) is 34.7 Å². The van der Waals surface area contributed by atoms with E-state index in [0.29, 0.717) is 18.7 Å². The Balaban J connectivity index is 1.64. The number of piperidine rings is 1. The van der Waals surface area contributed by atoms with Gasteiger partial charge in [-0.25, -0.2) is 4.98 Å². The zero-order valence-electron chi connectivity index (χ0n) is 15.1. The van der Waals surface area contributed by atoms with Crippen molar-refractivity contribution in [3.8, 4) is 11.3 Å². The van der Waals surface area contributed by atoms with Gasteiger partial charge in [0.25, 0.3) is 0 Å². The summed E-state index contributed by atoms with van der Waals surface area (Å²) in [6, 6.07) is 10.1. The number of hydrogen-bond donors (Lipinski definition) is 1. The van der Waals surface area contributed by atoms with E-state index in [1.807, 2.05) is 49.1 Å². The third-order valence-corrected chi connectivity index (χ3v) is 4.91. The van der Waals surface area contributed by atoms with Gasteiger partial charge in [-0.15, -0.1) is 0 Å². The summed E-state index contributed by atoms with van der Waals surface area (Å²) < 4.78 is 5.91. The number of aryl methyl sites for hydroxylation is 2. The molecule has 5 heteroatoms. The molecular weight excluding hydrogens is 314 g/mol. The van der Waals surface area contributed by atoms with Gasteiger partial charge in [-0.1, -0.05) is 30.3 Å². The molecule has 0 saturated carbocycles. The lowest BCUT2D eigenvalue weighted by Gasteiger charge is -2.38. The maximum Gasteiger partial charge on any atom is 0.223 e. The number of aromatic nitrogens is 1. The number of oxazole rings is 1. The number of likely N-dealkylation sites (tertiary alicyclic amines) is 1. The molecule has 1 amide bonds. The van der Waals surface area contributed by atoms with E-state index >= 15 is 0 Å². The second-order valence-electron chi connectivity index (χ2n) is 6.90. The van der Waals surface area contributed by atoms with Gasteiger partial charge in [-0.2, -0.15) is 0 Å². The molecule has 1 aromatic carbocycles. The Labute approximate surface area is 149 Å². The van der Waals surface area contributed by atoms with Crippen LogP contribution in [0.1, 0.15) is 44.2 Å². The van der Waals surface area contributed by atoms with Crippen LogP contribution in [0.3, 0.4) is 0 Å². The van der Waals surface area contributed by atoms with Crippen molar-refractivity contribution in [2.24, 2.45) is 5.73 Å². The quantitative estimate of drug-likeness (QED) is 0.905. The summed E-state index contributed by atoms with van der Waals surface area (Å²) in [5.41, 5.74) is 7.94. The topological polar surface area (TPSA) is 72.4 Å². The zero-order chi connectivity index (χ0) is 17.8. The summed E-state index contributed by atoms with van der Waals surface area (Å²) in [7, 11) is 0. The molecule has 2 unspecified atom stereocenters. The highest BCUT2D eigenvalue weighted by atomic mass is 16.4. The Bertz CT molecular complexity index is 709. The van der Waals surface area contributed by atoms with Crippen molar-refractivity contribution in [3.63, 3.8) is 0 Å². The number of carbonyl (C=O) groups excluding carboxylic acids is 1. The summed E-state index contributed by atoms with van der Waals surface area (Å²) >= 11 is 0. The maximum atomic E-state index is 12.6. The second-order valence-corrected chi connectivity index (χ2v) is 6.90. The predicted octanol–water partition coefficient (Wildman–Crippen LogP) is 3.31. The van der Waals surface area contributed by atoms with E-state index in [1.165, 1.54) is 0 Å². The Morgan fingerprint density at radius 1 is 1.36 bits per heavy atom. The van der Waals surface area contributed by atoms with Crippen LogP contribution in [-0.2, 0) is 11.2 Å². The van der Waals surface area contributed by atoms with Crippen LogP contribution in [-0.4, -0.2) is 34.4 Å². The first-order chi connectivity index (χ1) is 12.1. The smallest absolute Gasteiger partial charge is 0.223 e. The number of nitrogens with two attached hydrogens (primary N) is 1. The molecule has 1 aliphatic heterocycles.